The topological polar surface area (TPSA) is 49.4 Å². The van der Waals surface area contributed by atoms with Gasteiger partial charge in [-0.15, -0.1) is 0 Å². The SMILES string of the molecule is CCc1ccc(CNC(=O)[C@@H]2CC(=O)N(Cc3ccccc3)C2)cc1. The van der Waals surface area contributed by atoms with Crippen LogP contribution in [0.3, 0.4) is 0 Å². The Balaban J connectivity index is 1.51. The number of aryl methyl sites for hydroxylation is 1. The second-order valence-electron chi connectivity index (χ2n) is 6.55. The Bertz CT molecular complexity index is 725. The molecule has 130 valence electrons. The number of nitrogens with zero attached hydrogens (tertiary/aromatic N) is 1. The summed E-state index contributed by atoms with van der Waals surface area (Å²) in [6.45, 7) is 3.69. The lowest BCUT2D eigenvalue weighted by atomic mass is 10.1. The number of likely N-dealkylation sites (tertiary alicyclic amines) is 1. The van der Waals surface area contributed by atoms with E-state index in [1.807, 2.05) is 42.5 Å². The van der Waals surface area contributed by atoms with Crippen LogP contribution < -0.4 is 5.32 Å². The van der Waals surface area contributed by atoms with Gasteiger partial charge in [-0.05, 0) is 23.1 Å². The molecule has 3 rings (SSSR count). The first-order valence-electron chi connectivity index (χ1n) is 8.83. The van der Waals surface area contributed by atoms with E-state index in [1.54, 1.807) is 4.90 Å². The van der Waals surface area contributed by atoms with Gasteiger partial charge in [0.15, 0.2) is 0 Å². The van der Waals surface area contributed by atoms with Gasteiger partial charge >= 0.3 is 0 Å². The molecule has 0 unspecified atom stereocenters. The Morgan fingerprint density at radius 1 is 1.04 bits per heavy atom. The van der Waals surface area contributed by atoms with Crippen LogP contribution in [0.25, 0.3) is 0 Å². The van der Waals surface area contributed by atoms with Gasteiger partial charge in [0.2, 0.25) is 11.8 Å². The highest BCUT2D eigenvalue weighted by molar-refractivity contribution is 5.89. The van der Waals surface area contributed by atoms with Crippen molar-refractivity contribution in [3.8, 4) is 0 Å². The second kappa shape index (κ2) is 7.97. The molecule has 1 aliphatic rings. The smallest absolute Gasteiger partial charge is 0.225 e. The van der Waals surface area contributed by atoms with Gasteiger partial charge in [0.1, 0.15) is 0 Å². The quantitative estimate of drug-likeness (QED) is 0.882. The van der Waals surface area contributed by atoms with Crippen LogP contribution in [0.4, 0.5) is 0 Å². The van der Waals surface area contributed by atoms with Crippen molar-refractivity contribution in [2.24, 2.45) is 5.92 Å². The molecule has 25 heavy (non-hydrogen) atoms. The van der Waals surface area contributed by atoms with E-state index in [4.69, 9.17) is 0 Å². The highest BCUT2D eigenvalue weighted by Crippen LogP contribution is 2.20. The summed E-state index contributed by atoms with van der Waals surface area (Å²) in [6, 6.07) is 18.1. The van der Waals surface area contributed by atoms with E-state index in [2.05, 4.69) is 24.4 Å². The number of nitrogens with one attached hydrogen (secondary N) is 1. The summed E-state index contributed by atoms with van der Waals surface area (Å²) < 4.78 is 0. The molecule has 0 radical (unpaired) electrons. The standard InChI is InChI=1S/C21H24N2O2/c1-2-16-8-10-17(11-9-16)13-22-21(25)19-12-20(24)23(15-19)14-18-6-4-3-5-7-18/h3-11,19H,2,12-15H2,1H3,(H,22,25)/t19-/m1/s1. The number of rotatable bonds is 6. The van der Waals surface area contributed by atoms with Crippen LogP contribution >= 0.6 is 0 Å². The molecule has 0 aromatic heterocycles. The first-order chi connectivity index (χ1) is 12.2. The van der Waals surface area contributed by atoms with E-state index in [9.17, 15) is 9.59 Å². The Morgan fingerprint density at radius 2 is 1.72 bits per heavy atom. The first-order valence-corrected chi connectivity index (χ1v) is 8.83. The van der Waals surface area contributed by atoms with Gasteiger partial charge in [-0.25, -0.2) is 0 Å². The molecular weight excluding hydrogens is 312 g/mol. The van der Waals surface area contributed by atoms with Crippen LogP contribution in [0.5, 0.6) is 0 Å². The lowest BCUT2D eigenvalue weighted by Crippen LogP contribution is -2.32. The third-order valence-electron chi connectivity index (χ3n) is 4.70. The number of carbonyl (C=O) groups excluding carboxylic acids is 2. The minimum atomic E-state index is -0.258. The van der Waals surface area contributed by atoms with E-state index in [1.165, 1.54) is 5.56 Å². The Morgan fingerprint density at radius 3 is 2.40 bits per heavy atom. The van der Waals surface area contributed by atoms with Gasteiger partial charge in [-0.2, -0.15) is 0 Å². The van der Waals surface area contributed by atoms with Gasteiger partial charge in [0.05, 0.1) is 5.92 Å². The Labute approximate surface area is 148 Å². The largest absolute Gasteiger partial charge is 0.352 e. The summed E-state index contributed by atoms with van der Waals surface area (Å²) in [4.78, 5) is 26.4. The van der Waals surface area contributed by atoms with Gasteiger partial charge in [0.25, 0.3) is 0 Å². The number of hydrogen-bond acceptors (Lipinski definition) is 2. The van der Waals surface area contributed by atoms with Crippen molar-refractivity contribution in [1.29, 1.82) is 0 Å². The molecule has 2 amide bonds. The first kappa shape index (κ1) is 17.2. The molecule has 0 spiro atoms. The van der Waals surface area contributed by atoms with E-state index in [0.29, 0.717) is 26.1 Å². The zero-order valence-corrected chi connectivity index (χ0v) is 14.6. The molecule has 4 nitrogen and oxygen atoms in total. The number of amides is 2. The van der Waals surface area contributed by atoms with E-state index < -0.39 is 0 Å². The van der Waals surface area contributed by atoms with Gasteiger partial charge < -0.3 is 10.2 Å². The second-order valence-corrected chi connectivity index (χ2v) is 6.55. The zero-order valence-electron chi connectivity index (χ0n) is 14.6. The lowest BCUT2D eigenvalue weighted by Gasteiger charge is -2.16. The monoisotopic (exact) mass is 336 g/mol. The highest BCUT2D eigenvalue weighted by atomic mass is 16.2. The maximum atomic E-state index is 12.4. The molecule has 0 aliphatic carbocycles. The Hall–Kier alpha value is -2.62. The van der Waals surface area contributed by atoms with E-state index in [-0.39, 0.29) is 17.7 Å². The van der Waals surface area contributed by atoms with Crippen LogP contribution in [-0.4, -0.2) is 23.3 Å². The van der Waals surface area contributed by atoms with Gasteiger partial charge in [-0.1, -0.05) is 61.5 Å². The highest BCUT2D eigenvalue weighted by Gasteiger charge is 2.33. The van der Waals surface area contributed by atoms with Crippen molar-refractivity contribution in [3.05, 3.63) is 71.3 Å². The van der Waals surface area contributed by atoms with Crippen LogP contribution in [0.2, 0.25) is 0 Å². The summed E-state index contributed by atoms with van der Waals surface area (Å²) in [6.07, 6.45) is 1.31. The van der Waals surface area contributed by atoms with E-state index >= 15 is 0 Å². The predicted molar refractivity (Wildman–Crippen MR) is 97.6 cm³/mol. The molecule has 1 heterocycles. The maximum absolute atomic E-state index is 12.4. The number of hydrogen-bond donors (Lipinski definition) is 1. The molecule has 2 aromatic rings. The summed E-state index contributed by atoms with van der Waals surface area (Å²) >= 11 is 0. The van der Waals surface area contributed by atoms with Crippen molar-refractivity contribution >= 4 is 11.8 Å². The molecule has 0 saturated carbocycles. The minimum Gasteiger partial charge on any atom is -0.352 e. The molecule has 1 saturated heterocycles. The summed E-state index contributed by atoms with van der Waals surface area (Å²) in [5, 5.41) is 2.97. The fourth-order valence-electron chi connectivity index (χ4n) is 3.13. The molecule has 4 heteroatoms. The Kier molecular flexibility index (Phi) is 5.49. The normalized spacial score (nSPS) is 16.9. The van der Waals surface area contributed by atoms with Crippen LogP contribution in [-0.2, 0) is 29.1 Å². The number of benzene rings is 2. The minimum absolute atomic E-state index is 0.0384. The molecular formula is C21H24N2O2. The average Bonchev–Trinajstić information content (AvgIpc) is 3.01. The van der Waals surface area contributed by atoms with Crippen LogP contribution in [0.15, 0.2) is 54.6 Å². The van der Waals surface area contributed by atoms with Crippen LogP contribution in [0.1, 0.15) is 30.0 Å². The molecule has 1 atom stereocenters. The maximum Gasteiger partial charge on any atom is 0.225 e. The summed E-state index contributed by atoms with van der Waals surface area (Å²) in [5.74, 6) is -0.245. The lowest BCUT2D eigenvalue weighted by molar-refractivity contribution is -0.129. The molecule has 1 fully saturated rings. The fourth-order valence-corrected chi connectivity index (χ4v) is 3.13. The van der Waals surface area contributed by atoms with Crippen molar-refractivity contribution < 1.29 is 9.59 Å². The van der Waals surface area contributed by atoms with Crippen molar-refractivity contribution in [2.45, 2.75) is 32.9 Å². The van der Waals surface area contributed by atoms with Gasteiger partial charge in [-0.3, -0.25) is 9.59 Å². The van der Waals surface area contributed by atoms with Crippen molar-refractivity contribution in [3.63, 3.8) is 0 Å². The fraction of sp³-hybridized carbons (Fsp3) is 0.333. The molecule has 1 N–H and O–H groups in total. The van der Waals surface area contributed by atoms with Gasteiger partial charge in [0, 0.05) is 26.1 Å². The third kappa shape index (κ3) is 4.47. The zero-order chi connectivity index (χ0) is 17.6. The van der Waals surface area contributed by atoms with Crippen LogP contribution in [0, 0.1) is 5.92 Å². The predicted octanol–water partition coefficient (Wildman–Crippen LogP) is 2.91. The number of carbonyl (C=O) groups is 2. The molecule has 1 aliphatic heterocycles. The third-order valence-corrected chi connectivity index (χ3v) is 4.70. The summed E-state index contributed by atoms with van der Waals surface area (Å²) in [7, 11) is 0. The molecule has 2 aromatic carbocycles. The van der Waals surface area contributed by atoms with Crippen molar-refractivity contribution in [2.75, 3.05) is 6.54 Å². The van der Waals surface area contributed by atoms with Crippen molar-refractivity contribution in [1.82, 2.24) is 10.2 Å². The van der Waals surface area contributed by atoms with E-state index in [0.717, 1.165) is 17.5 Å². The molecule has 0 bridgehead atoms. The summed E-state index contributed by atoms with van der Waals surface area (Å²) in [5.41, 5.74) is 3.46. The average molecular weight is 336 g/mol.